The van der Waals surface area contributed by atoms with Crippen LogP contribution in [0.15, 0.2) is 24.3 Å². The average Bonchev–Trinajstić information content (AvgIpc) is 3.04. The van der Waals surface area contributed by atoms with E-state index in [1.54, 1.807) is 0 Å². The van der Waals surface area contributed by atoms with Gasteiger partial charge in [-0.05, 0) is 48.9 Å². The fourth-order valence-electron chi connectivity index (χ4n) is 4.27. The Morgan fingerprint density at radius 1 is 1.26 bits per heavy atom. The van der Waals surface area contributed by atoms with Gasteiger partial charge in [-0.3, -0.25) is 0 Å². The van der Waals surface area contributed by atoms with Gasteiger partial charge in [0.1, 0.15) is 0 Å². The quantitative estimate of drug-likeness (QED) is 0.478. The molecular weight excluding hydrogens is 244 g/mol. The second-order valence-electron chi connectivity index (χ2n) is 5.86. The number of fused-ring (bicyclic) bond motifs is 5. The Kier molecular flexibility index (Phi) is 3.17. The molecule has 2 fully saturated rings. The van der Waals surface area contributed by atoms with Crippen molar-refractivity contribution in [3.8, 4) is 0 Å². The summed E-state index contributed by atoms with van der Waals surface area (Å²) in [6.45, 7) is 0.438. The second-order valence-corrected chi connectivity index (χ2v) is 5.86. The standard InChI is InChI=1S/C15H18O4/c16-14(17)4-5-15(18)19-8-10-6-9-7-13(10)12-3-1-2-11(9)12/h1-2,4-5,9-13H,3,6-8H2,(H,16,17)/b5-4-. The highest BCUT2D eigenvalue weighted by atomic mass is 16.5. The lowest BCUT2D eigenvalue weighted by Gasteiger charge is -2.30. The maximum Gasteiger partial charge on any atom is 0.331 e. The van der Waals surface area contributed by atoms with Crippen LogP contribution in [0.5, 0.6) is 0 Å². The van der Waals surface area contributed by atoms with Gasteiger partial charge in [0.25, 0.3) is 0 Å². The average molecular weight is 262 g/mol. The number of carboxylic acids is 1. The Bertz CT molecular complexity index is 451. The number of hydrogen-bond donors (Lipinski definition) is 1. The van der Waals surface area contributed by atoms with Gasteiger partial charge < -0.3 is 9.84 Å². The Hall–Kier alpha value is -1.58. The minimum absolute atomic E-state index is 0.438. The van der Waals surface area contributed by atoms with E-state index in [4.69, 9.17) is 9.84 Å². The van der Waals surface area contributed by atoms with Crippen molar-refractivity contribution < 1.29 is 19.4 Å². The molecule has 0 radical (unpaired) electrons. The summed E-state index contributed by atoms with van der Waals surface area (Å²) >= 11 is 0. The number of allylic oxidation sites excluding steroid dienone is 2. The molecule has 3 rings (SSSR count). The zero-order chi connectivity index (χ0) is 13.4. The fraction of sp³-hybridized carbons (Fsp3) is 0.600. The zero-order valence-electron chi connectivity index (χ0n) is 10.7. The van der Waals surface area contributed by atoms with Crippen LogP contribution >= 0.6 is 0 Å². The summed E-state index contributed by atoms with van der Waals surface area (Å²) in [5.41, 5.74) is 0. The molecule has 3 aliphatic carbocycles. The van der Waals surface area contributed by atoms with Crippen molar-refractivity contribution in [3.63, 3.8) is 0 Å². The molecule has 19 heavy (non-hydrogen) atoms. The minimum atomic E-state index is -1.13. The van der Waals surface area contributed by atoms with E-state index in [1.165, 1.54) is 12.8 Å². The molecule has 0 aromatic carbocycles. The van der Waals surface area contributed by atoms with Crippen molar-refractivity contribution in [2.45, 2.75) is 19.3 Å². The number of aliphatic carboxylic acids is 1. The summed E-state index contributed by atoms with van der Waals surface area (Å²) in [6.07, 6.45) is 10.1. The molecule has 5 atom stereocenters. The first kappa shape index (κ1) is 12.5. The summed E-state index contributed by atoms with van der Waals surface area (Å²) in [7, 11) is 0. The summed E-state index contributed by atoms with van der Waals surface area (Å²) in [6, 6.07) is 0. The lowest BCUT2D eigenvalue weighted by molar-refractivity contribution is -0.140. The lowest BCUT2D eigenvalue weighted by Crippen LogP contribution is -2.28. The fourth-order valence-corrected chi connectivity index (χ4v) is 4.27. The van der Waals surface area contributed by atoms with Crippen LogP contribution < -0.4 is 0 Å². The van der Waals surface area contributed by atoms with E-state index >= 15 is 0 Å². The van der Waals surface area contributed by atoms with Crippen molar-refractivity contribution in [3.05, 3.63) is 24.3 Å². The van der Waals surface area contributed by atoms with Crippen LogP contribution in [0.2, 0.25) is 0 Å². The number of rotatable bonds is 4. The largest absolute Gasteiger partial charge is 0.478 e. The van der Waals surface area contributed by atoms with Crippen LogP contribution in [0.3, 0.4) is 0 Å². The number of carbonyl (C=O) groups is 2. The molecule has 0 aromatic heterocycles. The van der Waals surface area contributed by atoms with Gasteiger partial charge >= 0.3 is 11.9 Å². The molecule has 0 amide bonds. The molecule has 4 nitrogen and oxygen atoms in total. The number of ether oxygens (including phenoxy) is 1. The molecule has 5 unspecified atom stereocenters. The van der Waals surface area contributed by atoms with E-state index in [-0.39, 0.29) is 0 Å². The van der Waals surface area contributed by atoms with Gasteiger partial charge in [-0.25, -0.2) is 9.59 Å². The van der Waals surface area contributed by atoms with Crippen LogP contribution in [0.4, 0.5) is 0 Å². The summed E-state index contributed by atoms with van der Waals surface area (Å²) in [4.78, 5) is 21.6. The molecule has 4 heteroatoms. The van der Waals surface area contributed by atoms with Gasteiger partial charge in [0, 0.05) is 12.2 Å². The Morgan fingerprint density at radius 3 is 2.89 bits per heavy atom. The second kappa shape index (κ2) is 4.83. The van der Waals surface area contributed by atoms with Crippen molar-refractivity contribution >= 4 is 11.9 Å². The number of hydrogen-bond acceptors (Lipinski definition) is 3. The molecule has 0 saturated heterocycles. The van der Waals surface area contributed by atoms with E-state index in [1.807, 2.05) is 0 Å². The molecule has 0 aromatic rings. The molecule has 0 aliphatic heterocycles. The summed E-state index contributed by atoms with van der Waals surface area (Å²) < 4.78 is 5.17. The first-order chi connectivity index (χ1) is 9.15. The van der Waals surface area contributed by atoms with Gasteiger partial charge in [0.15, 0.2) is 0 Å². The van der Waals surface area contributed by atoms with Crippen molar-refractivity contribution in [2.24, 2.45) is 29.6 Å². The highest BCUT2D eigenvalue weighted by Gasteiger charge is 2.52. The van der Waals surface area contributed by atoms with Gasteiger partial charge in [0.2, 0.25) is 0 Å². The van der Waals surface area contributed by atoms with E-state index in [9.17, 15) is 9.59 Å². The van der Waals surface area contributed by atoms with Crippen LogP contribution in [-0.4, -0.2) is 23.7 Å². The van der Waals surface area contributed by atoms with Gasteiger partial charge in [-0.2, -0.15) is 0 Å². The molecule has 2 saturated carbocycles. The number of carbonyl (C=O) groups excluding carboxylic acids is 1. The first-order valence-electron chi connectivity index (χ1n) is 6.89. The summed E-state index contributed by atoms with van der Waals surface area (Å²) in [5.74, 6) is 1.77. The van der Waals surface area contributed by atoms with Gasteiger partial charge in [-0.15, -0.1) is 0 Å². The Labute approximate surface area is 112 Å². The molecule has 0 heterocycles. The maximum absolute atomic E-state index is 11.4. The van der Waals surface area contributed by atoms with E-state index in [2.05, 4.69) is 12.2 Å². The normalized spacial score (nSPS) is 38.8. The SMILES string of the molecule is O=C(O)/C=C\C(=O)OCC1CC2CC1C1CC=CC21. The van der Waals surface area contributed by atoms with Crippen LogP contribution in [0, 0.1) is 29.6 Å². The highest BCUT2D eigenvalue weighted by Crippen LogP contribution is 2.58. The summed E-state index contributed by atoms with van der Waals surface area (Å²) in [5, 5.41) is 8.43. The van der Waals surface area contributed by atoms with Gasteiger partial charge in [-0.1, -0.05) is 12.2 Å². The first-order valence-corrected chi connectivity index (χ1v) is 6.89. The predicted octanol–water partition coefficient (Wildman–Crippen LogP) is 2.02. The molecular formula is C15H18O4. The van der Waals surface area contributed by atoms with Crippen molar-refractivity contribution in [1.82, 2.24) is 0 Å². The van der Waals surface area contributed by atoms with Gasteiger partial charge in [0.05, 0.1) is 6.61 Å². The smallest absolute Gasteiger partial charge is 0.331 e. The molecule has 3 aliphatic rings. The lowest BCUT2D eigenvalue weighted by atomic mass is 9.76. The van der Waals surface area contributed by atoms with Crippen LogP contribution in [0.1, 0.15) is 19.3 Å². The number of carboxylic acid groups (broad SMARTS) is 1. The zero-order valence-corrected chi connectivity index (χ0v) is 10.7. The highest BCUT2D eigenvalue weighted by molar-refractivity contribution is 5.90. The third-order valence-corrected chi connectivity index (χ3v) is 4.94. The van der Waals surface area contributed by atoms with E-state index in [0.717, 1.165) is 36.3 Å². The van der Waals surface area contributed by atoms with Crippen molar-refractivity contribution in [2.75, 3.05) is 6.61 Å². The van der Waals surface area contributed by atoms with E-state index in [0.29, 0.717) is 18.4 Å². The van der Waals surface area contributed by atoms with Crippen LogP contribution in [0.25, 0.3) is 0 Å². The van der Waals surface area contributed by atoms with Crippen molar-refractivity contribution in [1.29, 1.82) is 0 Å². The third-order valence-electron chi connectivity index (χ3n) is 4.94. The Balaban J connectivity index is 1.50. The minimum Gasteiger partial charge on any atom is -0.478 e. The number of esters is 1. The van der Waals surface area contributed by atoms with E-state index < -0.39 is 11.9 Å². The molecule has 0 spiro atoms. The topological polar surface area (TPSA) is 63.6 Å². The maximum atomic E-state index is 11.4. The predicted molar refractivity (Wildman–Crippen MR) is 68.2 cm³/mol. The molecule has 1 N–H and O–H groups in total. The molecule has 2 bridgehead atoms. The monoisotopic (exact) mass is 262 g/mol. The van der Waals surface area contributed by atoms with Crippen LogP contribution in [-0.2, 0) is 14.3 Å². The third kappa shape index (κ3) is 2.31. The Morgan fingerprint density at radius 2 is 2.11 bits per heavy atom. The molecule has 102 valence electrons.